The lowest BCUT2D eigenvalue weighted by Crippen LogP contribution is -2.27. The zero-order chi connectivity index (χ0) is 12.6. The van der Waals surface area contributed by atoms with E-state index in [1.54, 1.807) is 0 Å². The zero-order valence-electron chi connectivity index (χ0n) is 8.84. The van der Waals surface area contributed by atoms with Crippen LogP contribution in [-0.4, -0.2) is 40.8 Å². The Kier molecular flexibility index (Phi) is 2.90. The second-order valence-corrected chi connectivity index (χ2v) is 6.29. The van der Waals surface area contributed by atoms with Gasteiger partial charge in [0.25, 0.3) is 0 Å². The Bertz CT molecular complexity index is 537. The number of rotatable bonds is 2. The van der Waals surface area contributed by atoms with Gasteiger partial charge in [-0.2, -0.15) is 9.49 Å². The minimum absolute atomic E-state index is 0.0145. The first-order valence-electron chi connectivity index (χ1n) is 5.07. The summed E-state index contributed by atoms with van der Waals surface area (Å²) in [6, 6.07) is -0.383. The molecule has 0 unspecified atom stereocenters. The van der Waals surface area contributed by atoms with Gasteiger partial charge in [-0.15, -0.1) is 0 Å². The highest BCUT2D eigenvalue weighted by Gasteiger charge is 2.28. The fraction of sp³-hybridized carbons (Fsp3) is 0.556. The second-order valence-electron chi connectivity index (χ2n) is 3.98. The van der Waals surface area contributed by atoms with E-state index in [-0.39, 0.29) is 30.4 Å². The highest BCUT2D eigenvalue weighted by atomic mass is 32.2. The van der Waals surface area contributed by atoms with Gasteiger partial charge in [-0.3, -0.25) is 0 Å². The van der Waals surface area contributed by atoms with Crippen molar-refractivity contribution in [3.63, 3.8) is 0 Å². The summed E-state index contributed by atoms with van der Waals surface area (Å²) in [7, 11) is -3.03. The van der Waals surface area contributed by atoms with Gasteiger partial charge in [-0.05, 0) is 12.8 Å². The lowest BCUT2D eigenvalue weighted by molar-refractivity contribution is 0.0690. The summed E-state index contributed by atoms with van der Waals surface area (Å²) in [6.07, 6.45) is 1.47. The Hall–Kier alpha value is -1.44. The molecule has 1 aliphatic rings. The Morgan fingerprint density at radius 2 is 2.06 bits per heavy atom. The normalized spacial score (nSPS) is 20.3. The number of hydrogen-bond acceptors (Lipinski definition) is 4. The molecule has 2 heterocycles. The number of aromatic nitrogens is 2. The van der Waals surface area contributed by atoms with Crippen molar-refractivity contribution in [1.29, 1.82) is 0 Å². The van der Waals surface area contributed by atoms with Crippen molar-refractivity contribution in [2.24, 2.45) is 0 Å². The molecule has 6 nitrogen and oxygen atoms in total. The molecule has 0 radical (unpaired) electrons. The van der Waals surface area contributed by atoms with Gasteiger partial charge in [0.2, 0.25) is 5.95 Å². The molecule has 0 aromatic carbocycles. The maximum atomic E-state index is 13.6. The van der Waals surface area contributed by atoms with E-state index in [0.717, 1.165) is 10.9 Å². The minimum Gasteiger partial charge on any atom is -0.477 e. The summed E-state index contributed by atoms with van der Waals surface area (Å²) >= 11 is 0. The Morgan fingerprint density at radius 3 is 2.53 bits per heavy atom. The van der Waals surface area contributed by atoms with Crippen molar-refractivity contribution in [2.45, 2.75) is 18.9 Å². The predicted molar refractivity (Wildman–Crippen MR) is 56.1 cm³/mol. The average Bonchev–Trinajstić information content (AvgIpc) is 2.60. The number of halogens is 1. The van der Waals surface area contributed by atoms with Crippen LogP contribution in [0.1, 0.15) is 29.2 Å². The summed E-state index contributed by atoms with van der Waals surface area (Å²) < 4.78 is 37.0. The SMILES string of the molecule is O=C(O)c1cnn(C2CCS(=O)(=O)CC2)c1F. The Morgan fingerprint density at radius 1 is 1.47 bits per heavy atom. The molecule has 1 aromatic heterocycles. The van der Waals surface area contributed by atoms with E-state index < -0.39 is 27.3 Å². The lowest BCUT2D eigenvalue weighted by atomic mass is 10.1. The Labute approximate surface area is 97.0 Å². The number of nitrogens with zero attached hydrogens (tertiary/aromatic N) is 2. The van der Waals surface area contributed by atoms with Gasteiger partial charge in [0.15, 0.2) is 0 Å². The molecule has 1 aliphatic heterocycles. The molecular formula is C9H11FN2O4S. The van der Waals surface area contributed by atoms with Crippen molar-refractivity contribution in [2.75, 3.05) is 11.5 Å². The van der Waals surface area contributed by atoms with Crippen molar-refractivity contribution in [3.05, 3.63) is 17.7 Å². The van der Waals surface area contributed by atoms with Gasteiger partial charge >= 0.3 is 5.97 Å². The van der Waals surface area contributed by atoms with E-state index >= 15 is 0 Å². The van der Waals surface area contributed by atoms with E-state index in [1.165, 1.54) is 0 Å². The van der Waals surface area contributed by atoms with E-state index in [1.807, 2.05) is 0 Å². The highest BCUT2D eigenvalue weighted by molar-refractivity contribution is 7.91. The van der Waals surface area contributed by atoms with E-state index in [9.17, 15) is 17.6 Å². The first-order valence-corrected chi connectivity index (χ1v) is 6.89. The van der Waals surface area contributed by atoms with Crippen molar-refractivity contribution < 1.29 is 22.7 Å². The molecule has 0 aliphatic carbocycles. The standard InChI is InChI=1S/C9H11FN2O4S/c10-8-7(9(13)14)5-11-12(8)6-1-3-17(15,16)4-2-6/h5-6H,1-4H2,(H,13,14). The third kappa shape index (κ3) is 2.31. The largest absolute Gasteiger partial charge is 0.477 e. The lowest BCUT2D eigenvalue weighted by Gasteiger charge is -2.22. The second kappa shape index (κ2) is 4.10. The zero-order valence-corrected chi connectivity index (χ0v) is 9.65. The summed E-state index contributed by atoms with van der Waals surface area (Å²) in [5, 5.41) is 12.3. The smallest absolute Gasteiger partial charge is 0.342 e. The molecule has 8 heteroatoms. The van der Waals surface area contributed by atoms with Crippen LogP contribution in [0.4, 0.5) is 4.39 Å². The first-order chi connectivity index (χ1) is 7.91. The Balaban J connectivity index is 2.22. The third-order valence-corrected chi connectivity index (χ3v) is 4.55. The van der Waals surface area contributed by atoms with Crippen LogP contribution >= 0.6 is 0 Å². The molecule has 0 bridgehead atoms. The van der Waals surface area contributed by atoms with Gasteiger partial charge < -0.3 is 5.11 Å². The van der Waals surface area contributed by atoms with Crippen LogP contribution in [0.3, 0.4) is 0 Å². The van der Waals surface area contributed by atoms with Crippen molar-refractivity contribution in [3.8, 4) is 0 Å². The maximum absolute atomic E-state index is 13.6. The van der Waals surface area contributed by atoms with Crippen LogP contribution in [0.5, 0.6) is 0 Å². The fourth-order valence-electron chi connectivity index (χ4n) is 1.87. The van der Waals surface area contributed by atoms with Crippen molar-refractivity contribution in [1.82, 2.24) is 9.78 Å². The summed E-state index contributed by atoms with van der Waals surface area (Å²) in [5.74, 6) is -2.32. The monoisotopic (exact) mass is 262 g/mol. The third-order valence-electron chi connectivity index (χ3n) is 2.84. The van der Waals surface area contributed by atoms with Gasteiger partial charge in [0.05, 0.1) is 23.7 Å². The summed E-state index contributed by atoms with van der Waals surface area (Å²) in [6.45, 7) is 0. The van der Waals surface area contributed by atoms with Gasteiger partial charge in [-0.25, -0.2) is 17.9 Å². The quantitative estimate of drug-likeness (QED) is 0.836. The summed E-state index contributed by atoms with van der Waals surface area (Å²) in [5.41, 5.74) is -0.488. The van der Waals surface area contributed by atoms with E-state index in [2.05, 4.69) is 5.10 Å². The van der Waals surface area contributed by atoms with Crippen LogP contribution in [0, 0.1) is 5.95 Å². The average molecular weight is 262 g/mol. The number of aromatic carboxylic acids is 1. The van der Waals surface area contributed by atoms with Crippen LogP contribution in [0.2, 0.25) is 0 Å². The molecule has 17 heavy (non-hydrogen) atoms. The molecule has 1 saturated heterocycles. The van der Waals surface area contributed by atoms with E-state index in [4.69, 9.17) is 5.11 Å². The molecule has 0 atom stereocenters. The van der Waals surface area contributed by atoms with Crippen molar-refractivity contribution >= 4 is 15.8 Å². The number of carboxylic acid groups (broad SMARTS) is 1. The molecule has 2 rings (SSSR count). The van der Waals surface area contributed by atoms with E-state index in [0.29, 0.717) is 0 Å². The van der Waals surface area contributed by atoms with Crippen LogP contribution in [0.15, 0.2) is 6.20 Å². The van der Waals surface area contributed by atoms with Gasteiger partial charge in [-0.1, -0.05) is 0 Å². The molecule has 1 fully saturated rings. The molecule has 0 amide bonds. The molecule has 0 saturated carbocycles. The van der Waals surface area contributed by atoms with Crippen LogP contribution < -0.4 is 0 Å². The predicted octanol–water partition coefficient (Wildman–Crippen LogP) is 0.470. The van der Waals surface area contributed by atoms with Crippen LogP contribution in [0.25, 0.3) is 0 Å². The number of carboxylic acids is 1. The minimum atomic E-state index is -3.03. The topological polar surface area (TPSA) is 89.3 Å². The first kappa shape index (κ1) is 12.0. The summed E-state index contributed by atoms with van der Waals surface area (Å²) in [4.78, 5) is 10.6. The fourth-order valence-corrected chi connectivity index (χ4v) is 3.33. The maximum Gasteiger partial charge on any atom is 0.342 e. The molecule has 0 spiro atoms. The van der Waals surface area contributed by atoms with Crippen LogP contribution in [-0.2, 0) is 9.84 Å². The van der Waals surface area contributed by atoms with Gasteiger partial charge in [0, 0.05) is 0 Å². The molecule has 1 N–H and O–H groups in total. The molecule has 1 aromatic rings. The molecule has 94 valence electrons. The number of hydrogen-bond donors (Lipinski definition) is 1. The molecular weight excluding hydrogens is 251 g/mol. The van der Waals surface area contributed by atoms with Gasteiger partial charge in [0.1, 0.15) is 15.4 Å². The highest BCUT2D eigenvalue weighted by Crippen LogP contribution is 2.25. The number of sulfone groups is 1. The number of carbonyl (C=O) groups is 1.